The molecule has 10 heteroatoms. The van der Waals surface area contributed by atoms with Crippen molar-refractivity contribution in [1.29, 1.82) is 0 Å². The number of aryl methyl sites for hydroxylation is 1. The molecule has 5 atom stereocenters. The van der Waals surface area contributed by atoms with Crippen LogP contribution in [0.1, 0.15) is 61.9 Å². The highest BCUT2D eigenvalue weighted by molar-refractivity contribution is 5.79. The van der Waals surface area contributed by atoms with Crippen molar-refractivity contribution in [2.45, 2.75) is 82.8 Å². The molecule has 10 nitrogen and oxygen atoms in total. The molecule has 0 saturated carbocycles. The van der Waals surface area contributed by atoms with Crippen LogP contribution in [0.3, 0.4) is 0 Å². The van der Waals surface area contributed by atoms with E-state index in [2.05, 4.69) is 15.5 Å². The minimum Gasteiger partial charge on any atom is -0.492 e. The van der Waals surface area contributed by atoms with Gasteiger partial charge < -0.3 is 35.1 Å². The molecule has 0 bridgehead atoms. The van der Waals surface area contributed by atoms with E-state index in [4.69, 9.17) is 14.2 Å². The topological polar surface area (TPSA) is 130 Å². The van der Waals surface area contributed by atoms with E-state index in [1.165, 1.54) is 0 Å². The van der Waals surface area contributed by atoms with E-state index in [0.717, 1.165) is 60.9 Å². The Morgan fingerprint density at radius 1 is 0.960 bits per heavy atom. The Kier molecular flexibility index (Phi) is 13.3. The molecule has 0 spiro atoms. The van der Waals surface area contributed by atoms with E-state index in [0.29, 0.717) is 32.3 Å². The molecule has 3 aromatic carbocycles. The van der Waals surface area contributed by atoms with Gasteiger partial charge in [0.1, 0.15) is 18.0 Å². The first-order chi connectivity index (χ1) is 24.0. The molecule has 3 aromatic rings. The van der Waals surface area contributed by atoms with Crippen molar-refractivity contribution in [2.75, 3.05) is 39.5 Å². The predicted octanol–water partition coefficient (Wildman–Crippen LogP) is 4.61. The summed E-state index contributed by atoms with van der Waals surface area (Å²) in [7, 11) is 0. The number of morpholine rings is 1. The Hall–Kier alpha value is -3.96. The molecule has 1 heterocycles. The second-order valence-corrected chi connectivity index (χ2v) is 14.4. The van der Waals surface area contributed by atoms with Gasteiger partial charge in [-0.1, -0.05) is 66.7 Å². The second kappa shape index (κ2) is 17.8. The molecule has 2 aliphatic rings. The zero-order chi connectivity index (χ0) is 35.5. The van der Waals surface area contributed by atoms with Gasteiger partial charge in [-0.15, -0.1) is 0 Å². The minimum absolute atomic E-state index is 0.104. The molecule has 0 radical (unpaired) electrons. The molecule has 1 fully saturated rings. The van der Waals surface area contributed by atoms with E-state index in [1.54, 1.807) is 20.8 Å². The molecule has 4 N–H and O–H groups in total. The summed E-state index contributed by atoms with van der Waals surface area (Å²) in [5, 5.41) is 28.6. The third-order valence-electron chi connectivity index (χ3n) is 9.35. The van der Waals surface area contributed by atoms with Gasteiger partial charge in [-0.05, 0) is 80.8 Å². The maximum absolute atomic E-state index is 14.0. The average molecular weight is 688 g/mol. The third kappa shape index (κ3) is 11.3. The quantitative estimate of drug-likeness (QED) is 0.183. The number of hydrogen-bond donors (Lipinski definition) is 4. The Morgan fingerprint density at radius 2 is 1.66 bits per heavy atom. The molecule has 1 aliphatic carbocycles. The lowest BCUT2D eigenvalue weighted by molar-refractivity contribution is -0.128. The van der Waals surface area contributed by atoms with Gasteiger partial charge >= 0.3 is 6.09 Å². The number of nitrogens with zero attached hydrogens (tertiary/aromatic N) is 1. The first kappa shape index (κ1) is 37.3. The number of rotatable bonds is 15. The van der Waals surface area contributed by atoms with E-state index >= 15 is 0 Å². The summed E-state index contributed by atoms with van der Waals surface area (Å²) in [6, 6.07) is 24.0. The number of amides is 2. The van der Waals surface area contributed by atoms with Gasteiger partial charge in [-0.2, -0.15) is 0 Å². The van der Waals surface area contributed by atoms with Gasteiger partial charge in [-0.3, -0.25) is 9.69 Å². The summed E-state index contributed by atoms with van der Waals surface area (Å²) >= 11 is 0. The van der Waals surface area contributed by atoms with Gasteiger partial charge in [0.05, 0.1) is 37.5 Å². The van der Waals surface area contributed by atoms with Crippen LogP contribution in [0.5, 0.6) is 5.75 Å². The number of nitrogens with one attached hydrogen (secondary N) is 2. The summed E-state index contributed by atoms with van der Waals surface area (Å²) in [6.07, 6.45) is -0.450. The number of aliphatic hydroxyl groups is 2. The molecule has 270 valence electrons. The van der Waals surface area contributed by atoms with Crippen LogP contribution in [0, 0.1) is 5.92 Å². The van der Waals surface area contributed by atoms with E-state index in [9.17, 15) is 19.8 Å². The molecule has 5 rings (SSSR count). The van der Waals surface area contributed by atoms with Crippen LogP contribution in [0.25, 0.3) is 0 Å². The maximum Gasteiger partial charge on any atom is 0.407 e. The average Bonchev–Trinajstić information content (AvgIpc) is 3.41. The lowest BCUT2D eigenvalue weighted by atomic mass is 9.88. The van der Waals surface area contributed by atoms with E-state index in [1.807, 2.05) is 78.9 Å². The third-order valence-corrected chi connectivity index (χ3v) is 9.35. The van der Waals surface area contributed by atoms with Crippen LogP contribution in [0.4, 0.5) is 4.79 Å². The predicted molar refractivity (Wildman–Crippen MR) is 192 cm³/mol. The SMILES string of the molecule is CC(C)(C)OC(=O)NC(Cc1ccccc1)C(O)CC(CCc1ccc(OCCN2CCOCC2)cc1)C(=O)N[C@H]1c2ccccc2C[C@@H]1O. The number of hydrogen-bond acceptors (Lipinski definition) is 8. The van der Waals surface area contributed by atoms with Crippen molar-refractivity contribution in [1.82, 2.24) is 15.5 Å². The Bertz CT molecular complexity index is 1510. The zero-order valence-electron chi connectivity index (χ0n) is 29.6. The molecular formula is C40H53N3O7. The fraction of sp³-hybridized carbons (Fsp3) is 0.500. The van der Waals surface area contributed by atoms with Crippen molar-refractivity contribution in [3.05, 3.63) is 101 Å². The first-order valence-electron chi connectivity index (χ1n) is 17.8. The highest BCUT2D eigenvalue weighted by atomic mass is 16.6. The normalized spacial score (nSPS) is 19.5. The van der Waals surface area contributed by atoms with Gasteiger partial charge in [-0.25, -0.2) is 4.79 Å². The van der Waals surface area contributed by atoms with Gasteiger partial charge in [0.2, 0.25) is 5.91 Å². The van der Waals surface area contributed by atoms with Gasteiger partial charge in [0.25, 0.3) is 0 Å². The van der Waals surface area contributed by atoms with E-state index in [-0.39, 0.29) is 12.3 Å². The molecule has 3 unspecified atom stereocenters. The molecular weight excluding hydrogens is 634 g/mol. The monoisotopic (exact) mass is 687 g/mol. The largest absolute Gasteiger partial charge is 0.492 e. The highest BCUT2D eigenvalue weighted by Crippen LogP contribution is 2.32. The number of aliphatic hydroxyl groups excluding tert-OH is 2. The maximum atomic E-state index is 14.0. The fourth-order valence-corrected chi connectivity index (χ4v) is 6.65. The van der Waals surface area contributed by atoms with Crippen LogP contribution >= 0.6 is 0 Å². The van der Waals surface area contributed by atoms with Crippen LogP contribution in [0.2, 0.25) is 0 Å². The zero-order valence-corrected chi connectivity index (χ0v) is 29.6. The second-order valence-electron chi connectivity index (χ2n) is 14.4. The molecule has 50 heavy (non-hydrogen) atoms. The Labute approximate surface area is 296 Å². The molecule has 0 aromatic heterocycles. The highest BCUT2D eigenvalue weighted by Gasteiger charge is 2.35. The summed E-state index contributed by atoms with van der Waals surface area (Å²) in [5.74, 6) is -0.0608. The summed E-state index contributed by atoms with van der Waals surface area (Å²) in [5.41, 5.74) is 3.18. The number of carbonyl (C=O) groups is 2. The first-order valence-corrected chi connectivity index (χ1v) is 17.8. The van der Waals surface area contributed by atoms with Crippen LogP contribution in [0.15, 0.2) is 78.9 Å². The minimum atomic E-state index is -1.05. The van der Waals surface area contributed by atoms with Crippen molar-refractivity contribution >= 4 is 12.0 Å². The standard InChI is InChI=1S/C40H53N3O7/c1-40(2,3)50-39(47)41-34(25-29-9-5-4-6-10-29)35(44)27-31(38(46)42-37-33-12-8-7-11-30(33)26-36(37)45)16-13-28-14-17-32(18-15-28)49-24-21-43-19-22-48-23-20-43/h4-12,14-15,17-18,31,34-37,44-45H,13,16,19-27H2,1-3H3,(H,41,47)(H,42,46)/t31?,34?,35?,36-,37-/m0/s1. The summed E-state index contributed by atoms with van der Waals surface area (Å²) in [6.45, 7) is 10.2. The molecule has 2 amide bonds. The number of ether oxygens (including phenoxy) is 3. The van der Waals surface area contributed by atoms with Crippen LogP contribution in [-0.2, 0) is 33.5 Å². The lowest BCUT2D eigenvalue weighted by Gasteiger charge is -2.29. The number of benzene rings is 3. The number of carbonyl (C=O) groups excluding carboxylic acids is 2. The smallest absolute Gasteiger partial charge is 0.407 e. The Balaban J connectivity index is 1.27. The van der Waals surface area contributed by atoms with E-state index < -0.39 is 41.9 Å². The fourth-order valence-electron chi connectivity index (χ4n) is 6.65. The number of alkyl carbamates (subject to hydrolysis) is 1. The van der Waals surface area contributed by atoms with Crippen LogP contribution < -0.4 is 15.4 Å². The van der Waals surface area contributed by atoms with Crippen molar-refractivity contribution in [2.24, 2.45) is 5.92 Å². The van der Waals surface area contributed by atoms with Crippen molar-refractivity contribution < 1.29 is 34.0 Å². The summed E-state index contributed by atoms with van der Waals surface area (Å²) in [4.78, 5) is 29.2. The summed E-state index contributed by atoms with van der Waals surface area (Å²) < 4.78 is 16.9. The Morgan fingerprint density at radius 3 is 2.38 bits per heavy atom. The van der Waals surface area contributed by atoms with Crippen molar-refractivity contribution in [3.63, 3.8) is 0 Å². The molecule has 1 aliphatic heterocycles. The lowest BCUT2D eigenvalue weighted by Crippen LogP contribution is -2.48. The van der Waals surface area contributed by atoms with Gasteiger partial charge in [0, 0.05) is 32.0 Å². The van der Waals surface area contributed by atoms with Crippen LogP contribution in [-0.4, -0.2) is 90.4 Å². The van der Waals surface area contributed by atoms with Gasteiger partial charge in [0.15, 0.2) is 0 Å². The molecule has 1 saturated heterocycles. The van der Waals surface area contributed by atoms with Crippen molar-refractivity contribution in [3.8, 4) is 5.75 Å². The number of fused-ring (bicyclic) bond motifs is 1.